The SMILES string of the molecule is Cc1cnn(CC(=O)N2CCCn3ccnc3C2C2CCCC2)c1. The lowest BCUT2D eigenvalue weighted by atomic mass is 9.95. The molecule has 0 saturated heterocycles. The van der Waals surface area contributed by atoms with Gasteiger partial charge in [0.1, 0.15) is 12.4 Å². The summed E-state index contributed by atoms with van der Waals surface area (Å²) in [5, 5.41) is 4.28. The van der Waals surface area contributed by atoms with E-state index in [1.54, 1.807) is 10.9 Å². The first-order chi connectivity index (χ1) is 11.7. The Balaban J connectivity index is 1.62. The predicted molar refractivity (Wildman–Crippen MR) is 90.2 cm³/mol. The van der Waals surface area contributed by atoms with Crippen molar-refractivity contribution in [2.75, 3.05) is 6.54 Å². The van der Waals surface area contributed by atoms with Gasteiger partial charge in [-0.15, -0.1) is 0 Å². The van der Waals surface area contributed by atoms with Crippen LogP contribution in [0.4, 0.5) is 0 Å². The minimum Gasteiger partial charge on any atom is -0.333 e. The Morgan fingerprint density at radius 3 is 2.83 bits per heavy atom. The van der Waals surface area contributed by atoms with Crippen LogP contribution in [0.15, 0.2) is 24.8 Å². The van der Waals surface area contributed by atoms with E-state index >= 15 is 0 Å². The predicted octanol–water partition coefficient (Wildman–Crippen LogP) is 2.55. The van der Waals surface area contributed by atoms with Gasteiger partial charge in [0.05, 0.1) is 12.2 Å². The molecule has 0 spiro atoms. The van der Waals surface area contributed by atoms with Crippen molar-refractivity contribution in [3.63, 3.8) is 0 Å². The van der Waals surface area contributed by atoms with Gasteiger partial charge in [-0.05, 0) is 37.7 Å². The molecule has 0 bridgehead atoms. The minimum absolute atomic E-state index is 0.120. The van der Waals surface area contributed by atoms with Crippen molar-refractivity contribution in [2.45, 2.75) is 58.2 Å². The van der Waals surface area contributed by atoms with E-state index in [0.29, 0.717) is 12.5 Å². The van der Waals surface area contributed by atoms with Crippen molar-refractivity contribution in [3.05, 3.63) is 36.2 Å². The first kappa shape index (κ1) is 15.4. The van der Waals surface area contributed by atoms with E-state index in [1.165, 1.54) is 25.7 Å². The van der Waals surface area contributed by atoms with Gasteiger partial charge in [-0.1, -0.05) is 12.8 Å². The second-order valence-electron chi connectivity index (χ2n) is 7.12. The summed E-state index contributed by atoms with van der Waals surface area (Å²) in [5.74, 6) is 1.77. The minimum atomic E-state index is 0.120. The Bertz CT molecular complexity index is 713. The molecule has 1 saturated carbocycles. The molecular weight excluding hydrogens is 302 g/mol. The fourth-order valence-electron chi connectivity index (χ4n) is 4.27. The number of nitrogens with zero attached hydrogens (tertiary/aromatic N) is 5. The average Bonchev–Trinajstić information content (AvgIpc) is 3.29. The number of aromatic nitrogens is 4. The van der Waals surface area contributed by atoms with Crippen molar-refractivity contribution >= 4 is 5.91 Å². The van der Waals surface area contributed by atoms with Gasteiger partial charge in [0, 0.05) is 31.7 Å². The summed E-state index contributed by atoms with van der Waals surface area (Å²) >= 11 is 0. The van der Waals surface area contributed by atoms with E-state index in [-0.39, 0.29) is 11.9 Å². The van der Waals surface area contributed by atoms with E-state index in [9.17, 15) is 4.79 Å². The molecule has 2 aromatic heterocycles. The van der Waals surface area contributed by atoms with Crippen molar-refractivity contribution in [2.24, 2.45) is 5.92 Å². The van der Waals surface area contributed by atoms with Gasteiger partial charge in [0.15, 0.2) is 0 Å². The lowest BCUT2D eigenvalue weighted by Crippen LogP contribution is -2.40. The maximum absolute atomic E-state index is 13.1. The maximum atomic E-state index is 13.1. The van der Waals surface area contributed by atoms with E-state index in [2.05, 4.69) is 25.7 Å². The van der Waals surface area contributed by atoms with Crippen LogP contribution in [-0.4, -0.2) is 36.7 Å². The summed E-state index contributed by atoms with van der Waals surface area (Å²) in [6.07, 6.45) is 13.6. The summed E-state index contributed by atoms with van der Waals surface area (Å²) in [6.45, 7) is 4.07. The van der Waals surface area contributed by atoms with Crippen LogP contribution in [0.1, 0.15) is 49.5 Å². The zero-order valence-corrected chi connectivity index (χ0v) is 14.3. The first-order valence-corrected chi connectivity index (χ1v) is 9.02. The van der Waals surface area contributed by atoms with Crippen molar-refractivity contribution in [3.8, 4) is 0 Å². The highest BCUT2D eigenvalue weighted by atomic mass is 16.2. The number of hydrogen-bond acceptors (Lipinski definition) is 3. The van der Waals surface area contributed by atoms with Crippen molar-refractivity contribution in [1.29, 1.82) is 0 Å². The molecule has 1 fully saturated rings. The lowest BCUT2D eigenvalue weighted by molar-refractivity contribution is -0.136. The highest BCUT2D eigenvalue weighted by molar-refractivity contribution is 5.76. The second kappa shape index (κ2) is 6.42. The maximum Gasteiger partial charge on any atom is 0.244 e. The molecule has 4 rings (SSSR count). The number of hydrogen-bond donors (Lipinski definition) is 0. The fourth-order valence-corrected chi connectivity index (χ4v) is 4.27. The van der Waals surface area contributed by atoms with Crippen LogP contribution >= 0.6 is 0 Å². The first-order valence-electron chi connectivity index (χ1n) is 9.02. The molecule has 24 heavy (non-hydrogen) atoms. The Labute approximate surface area is 142 Å². The molecule has 0 aromatic carbocycles. The molecule has 6 nitrogen and oxygen atoms in total. The summed E-state index contributed by atoms with van der Waals surface area (Å²) in [5.41, 5.74) is 1.08. The molecule has 1 unspecified atom stereocenters. The van der Waals surface area contributed by atoms with Gasteiger partial charge in [0.25, 0.3) is 0 Å². The normalized spacial score (nSPS) is 21.7. The zero-order valence-electron chi connectivity index (χ0n) is 14.3. The van der Waals surface area contributed by atoms with Gasteiger partial charge in [-0.2, -0.15) is 5.10 Å². The molecule has 0 radical (unpaired) electrons. The Morgan fingerprint density at radius 2 is 2.08 bits per heavy atom. The number of fused-ring (bicyclic) bond motifs is 1. The molecule has 0 N–H and O–H groups in total. The Morgan fingerprint density at radius 1 is 1.25 bits per heavy atom. The molecule has 6 heteroatoms. The smallest absolute Gasteiger partial charge is 0.244 e. The summed E-state index contributed by atoms with van der Waals surface area (Å²) < 4.78 is 4.00. The van der Waals surface area contributed by atoms with E-state index < -0.39 is 0 Å². The topological polar surface area (TPSA) is 56.0 Å². The third kappa shape index (κ3) is 2.85. The largest absolute Gasteiger partial charge is 0.333 e. The van der Waals surface area contributed by atoms with Gasteiger partial charge in [0.2, 0.25) is 5.91 Å². The molecule has 2 aliphatic rings. The van der Waals surface area contributed by atoms with Gasteiger partial charge < -0.3 is 9.47 Å². The van der Waals surface area contributed by atoms with Crippen LogP contribution in [0.3, 0.4) is 0 Å². The third-order valence-electron chi connectivity index (χ3n) is 5.37. The van der Waals surface area contributed by atoms with Crippen molar-refractivity contribution < 1.29 is 4.79 Å². The molecule has 3 heterocycles. The zero-order chi connectivity index (χ0) is 16.5. The van der Waals surface area contributed by atoms with Crippen LogP contribution in [-0.2, 0) is 17.9 Å². The van der Waals surface area contributed by atoms with E-state index in [1.807, 2.05) is 19.3 Å². The van der Waals surface area contributed by atoms with Crippen LogP contribution in [0.25, 0.3) is 0 Å². The number of amides is 1. The number of carbonyl (C=O) groups excluding carboxylic acids is 1. The van der Waals surface area contributed by atoms with Crippen LogP contribution in [0, 0.1) is 12.8 Å². The standard InChI is InChI=1S/C18H25N5O/c1-14-11-20-22(12-14)13-16(24)23-9-4-8-21-10-7-19-18(21)17(23)15-5-2-3-6-15/h7,10-12,15,17H,2-6,8-9,13H2,1H3. The molecule has 2 aromatic rings. The number of carbonyl (C=O) groups is 1. The number of aryl methyl sites for hydroxylation is 2. The molecule has 1 atom stereocenters. The Kier molecular flexibility index (Phi) is 4.12. The van der Waals surface area contributed by atoms with Crippen LogP contribution in [0.5, 0.6) is 0 Å². The van der Waals surface area contributed by atoms with E-state index in [0.717, 1.165) is 30.9 Å². The molecule has 1 aliphatic carbocycles. The molecule has 128 valence electrons. The second-order valence-corrected chi connectivity index (χ2v) is 7.12. The highest BCUT2D eigenvalue weighted by Gasteiger charge is 2.37. The van der Waals surface area contributed by atoms with Crippen molar-refractivity contribution in [1.82, 2.24) is 24.2 Å². The summed E-state index contributed by atoms with van der Waals surface area (Å²) in [6, 6.07) is 0.120. The number of rotatable bonds is 3. The molecular formula is C18H25N5O. The average molecular weight is 327 g/mol. The van der Waals surface area contributed by atoms with Crippen LogP contribution < -0.4 is 0 Å². The van der Waals surface area contributed by atoms with Gasteiger partial charge in [-0.25, -0.2) is 4.98 Å². The Hall–Kier alpha value is -2.11. The monoisotopic (exact) mass is 327 g/mol. The van der Waals surface area contributed by atoms with Gasteiger partial charge in [-0.3, -0.25) is 9.48 Å². The highest BCUT2D eigenvalue weighted by Crippen LogP contribution is 2.40. The van der Waals surface area contributed by atoms with Crippen LogP contribution in [0.2, 0.25) is 0 Å². The van der Waals surface area contributed by atoms with Gasteiger partial charge >= 0.3 is 0 Å². The number of imidazole rings is 1. The lowest BCUT2D eigenvalue weighted by Gasteiger charge is -2.33. The summed E-state index contributed by atoms with van der Waals surface area (Å²) in [7, 11) is 0. The molecule has 1 amide bonds. The fraction of sp³-hybridized carbons (Fsp3) is 0.611. The molecule has 1 aliphatic heterocycles. The van der Waals surface area contributed by atoms with E-state index in [4.69, 9.17) is 0 Å². The summed E-state index contributed by atoms with van der Waals surface area (Å²) in [4.78, 5) is 19.8. The quantitative estimate of drug-likeness (QED) is 0.870. The third-order valence-corrected chi connectivity index (χ3v) is 5.37.